The van der Waals surface area contributed by atoms with Crippen molar-refractivity contribution in [2.45, 2.75) is 43.2 Å². The number of nitrogens with zero attached hydrogens (tertiary/aromatic N) is 1. The van der Waals surface area contributed by atoms with Crippen LogP contribution in [-0.2, 0) is 27.7 Å². The SMILES string of the molecule is CCCc1ccc(NC(=O)Cc2ccc(S(=O)(=O)N3CCCC3)s2)cc1. The second-order valence-corrected chi connectivity index (χ2v) is 9.84. The molecular weight excluding hydrogens is 368 g/mol. The molecule has 1 aliphatic rings. The summed E-state index contributed by atoms with van der Waals surface area (Å²) in [5.41, 5.74) is 2.01. The van der Waals surface area contributed by atoms with Gasteiger partial charge in [-0.25, -0.2) is 8.42 Å². The van der Waals surface area contributed by atoms with Crippen LogP contribution in [-0.4, -0.2) is 31.7 Å². The fourth-order valence-electron chi connectivity index (χ4n) is 3.05. The van der Waals surface area contributed by atoms with Crippen molar-refractivity contribution in [3.05, 3.63) is 46.8 Å². The van der Waals surface area contributed by atoms with E-state index in [1.807, 2.05) is 24.3 Å². The molecule has 0 bridgehead atoms. The van der Waals surface area contributed by atoms with Crippen LogP contribution >= 0.6 is 11.3 Å². The molecule has 1 saturated heterocycles. The van der Waals surface area contributed by atoms with Gasteiger partial charge in [0.25, 0.3) is 10.0 Å². The zero-order chi connectivity index (χ0) is 18.6. The molecule has 1 aromatic heterocycles. The Balaban J connectivity index is 1.60. The number of thiophene rings is 1. The number of hydrogen-bond donors (Lipinski definition) is 1. The summed E-state index contributed by atoms with van der Waals surface area (Å²) in [6, 6.07) is 11.2. The van der Waals surface area contributed by atoms with Crippen molar-refractivity contribution in [1.29, 1.82) is 0 Å². The largest absolute Gasteiger partial charge is 0.326 e. The van der Waals surface area contributed by atoms with Crippen LogP contribution in [0.2, 0.25) is 0 Å². The van der Waals surface area contributed by atoms with Crippen molar-refractivity contribution in [2.75, 3.05) is 18.4 Å². The molecule has 5 nitrogen and oxygen atoms in total. The molecule has 1 amide bonds. The Hall–Kier alpha value is -1.70. The van der Waals surface area contributed by atoms with E-state index in [1.54, 1.807) is 12.1 Å². The Morgan fingerprint density at radius 1 is 1.12 bits per heavy atom. The number of hydrogen-bond acceptors (Lipinski definition) is 4. The van der Waals surface area contributed by atoms with Crippen molar-refractivity contribution >= 4 is 33.0 Å². The number of sulfonamides is 1. The van der Waals surface area contributed by atoms with Crippen molar-refractivity contribution in [1.82, 2.24) is 4.31 Å². The van der Waals surface area contributed by atoms with Gasteiger partial charge in [-0.15, -0.1) is 11.3 Å². The van der Waals surface area contributed by atoms with E-state index in [0.717, 1.165) is 36.2 Å². The number of benzene rings is 1. The average Bonchev–Trinajstić information content (AvgIpc) is 3.29. The molecular formula is C19H24N2O3S2. The second-order valence-electron chi connectivity index (χ2n) is 6.50. The van der Waals surface area contributed by atoms with Crippen LogP contribution in [0.25, 0.3) is 0 Å². The summed E-state index contributed by atoms with van der Waals surface area (Å²) in [7, 11) is -3.40. The van der Waals surface area contributed by atoms with Gasteiger partial charge in [-0.3, -0.25) is 4.79 Å². The van der Waals surface area contributed by atoms with E-state index in [-0.39, 0.29) is 12.3 Å². The van der Waals surface area contributed by atoms with Crippen LogP contribution in [0.5, 0.6) is 0 Å². The number of anilines is 1. The third kappa shape index (κ3) is 4.52. The first-order chi connectivity index (χ1) is 12.5. The molecule has 0 spiro atoms. The number of amides is 1. The minimum absolute atomic E-state index is 0.139. The zero-order valence-electron chi connectivity index (χ0n) is 14.9. The lowest BCUT2D eigenvalue weighted by Crippen LogP contribution is -2.27. The Bertz CT molecular complexity index is 851. The van der Waals surface area contributed by atoms with Crippen molar-refractivity contribution < 1.29 is 13.2 Å². The maximum Gasteiger partial charge on any atom is 0.252 e. The molecule has 26 heavy (non-hydrogen) atoms. The molecule has 0 aliphatic carbocycles. The van der Waals surface area contributed by atoms with Crippen LogP contribution in [0, 0.1) is 0 Å². The van der Waals surface area contributed by atoms with Crippen molar-refractivity contribution in [2.24, 2.45) is 0 Å². The van der Waals surface area contributed by atoms with E-state index in [4.69, 9.17) is 0 Å². The van der Waals surface area contributed by atoms with E-state index in [1.165, 1.54) is 21.2 Å². The van der Waals surface area contributed by atoms with Gasteiger partial charge in [0.1, 0.15) is 4.21 Å². The summed E-state index contributed by atoms with van der Waals surface area (Å²) in [6.45, 7) is 3.31. The number of nitrogens with one attached hydrogen (secondary N) is 1. The van der Waals surface area contributed by atoms with Gasteiger partial charge in [-0.05, 0) is 49.1 Å². The lowest BCUT2D eigenvalue weighted by atomic mass is 10.1. The Labute approximate surface area is 159 Å². The van der Waals surface area contributed by atoms with Gasteiger partial charge < -0.3 is 5.32 Å². The number of carbonyl (C=O) groups is 1. The Morgan fingerprint density at radius 2 is 1.81 bits per heavy atom. The molecule has 1 aromatic carbocycles. The fraction of sp³-hybridized carbons (Fsp3) is 0.421. The van der Waals surface area contributed by atoms with Gasteiger partial charge in [0.05, 0.1) is 6.42 Å². The van der Waals surface area contributed by atoms with Gasteiger partial charge in [0.15, 0.2) is 0 Å². The standard InChI is InChI=1S/C19H24N2O3S2/c1-2-5-15-6-8-16(9-7-15)20-18(22)14-17-10-11-19(25-17)26(23,24)21-12-3-4-13-21/h6-11H,2-5,12-14H2,1H3,(H,20,22). The first-order valence-corrected chi connectivity index (χ1v) is 11.2. The summed E-state index contributed by atoms with van der Waals surface area (Å²) < 4.78 is 26.9. The molecule has 7 heteroatoms. The summed E-state index contributed by atoms with van der Waals surface area (Å²) in [6.07, 6.45) is 4.12. The summed E-state index contributed by atoms with van der Waals surface area (Å²) in [4.78, 5) is 13.0. The van der Waals surface area contributed by atoms with Crippen LogP contribution in [0.15, 0.2) is 40.6 Å². The molecule has 0 unspecified atom stereocenters. The van der Waals surface area contributed by atoms with Crippen molar-refractivity contribution in [3.8, 4) is 0 Å². The first kappa shape index (κ1) is 19.1. The van der Waals surface area contributed by atoms with Crippen LogP contribution in [0.1, 0.15) is 36.6 Å². The third-order valence-corrected chi connectivity index (χ3v) is 7.86. The molecule has 140 valence electrons. The highest BCUT2D eigenvalue weighted by Gasteiger charge is 2.28. The van der Waals surface area contributed by atoms with E-state index in [0.29, 0.717) is 17.3 Å². The Morgan fingerprint density at radius 3 is 2.46 bits per heavy atom. The van der Waals surface area contributed by atoms with Crippen molar-refractivity contribution in [3.63, 3.8) is 0 Å². The van der Waals surface area contributed by atoms with Crippen LogP contribution in [0.4, 0.5) is 5.69 Å². The molecule has 3 rings (SSSR count). The number of rotatable bonds is 7. The maximum absolute atomic E-state index is 12.5. The molecule has 1 N–H and O–H groups in total. The number of aryl methyl sites for hydroxylation is 1. The van der Waals surface area contributed by atoms with Gasteiger partial charge in [0.2, 0.25) is 5.91 Å². The lowest BCUT2D eigenvalue weighted by molar-refractivity contribution is -0.115. The molecule has 1 fully saturated rings. The molecule has 0 radical (unpaired) electrons. The molecule has 2 heterocycles. The quantitative estimate of drug-likeness (QED) is 0.782. The maximum atomic E-state index is 12.5. The highest BCUT2D eigenvalue weighted by molar-refractivity contribution is 7.91. The molecule has 0 atom stereocenters. The van der Waals surface area contributed by atoms with Gasteiger partial charge >= 0.3 is 0 Å². The predicted molar refractivity (Wildman–Crippen MR) is 105 cm³/mol. The topological polar surface area (TPSA) is 66.5 Å². The Kier molecular flexibility index (Phi) is 6.11. The minimum atomic E-state index is -3.40. The highest BCUT2D eigenvalue weighted by atomic mass is 32.2. The fourth-order valence-corrected chi connectivity index (χ4v) is 6.08. The molecule has 0 saturated carbocycles. The summed E-state index contributed by atoms with van der Waals surface area (Å²) >= 11 is 1.18. The average molecular weight is 393 g/mol. The molecule has 1 aliphatic heterocycles. The monoisotopic (exact) mass is 392 g/mol. The van der Waals surface area contributed by atoms with E-state index in [2.05, 4.69) is 12.2 Å². The predicted octanol–water partition coefficient (Wildman–Crippen LogP) is 3.67. The van der Waals surface area contributed by atoms with Crippen LogP contribution < -0.4 is 5.32 Å². The zero-order valence-corrected chi connectivity index (χ0v) is 16.5. The van der Waals surface area contributed by atoms with E-state index >= 15 is 0 Å². The normalized spacial score (nSPS) is 15.3. The smallest absolute Gasteiger partial charge is 0.252 e. The summed E-state index contributed by atoms with van der Waals surface area (Å²) in [5.74, 6) is -0.139. The number of carbonyl (C=O) groups excluding carboxylic acids is 1. The van der Waals surface area contributed by atoms with E-state index < -0.39 is 10.0 Å². The second kappa shape index (κ2) is 8.33. The summed E-state index contributed by atoms with van der Waals surface area (Å²) in [5, 5.41) is 2.87. The van der Waals surface area contributed by atoms with Gasteiger partial charge in [0, 0.05) is 23.7 Å². The van der Waals surface area contributed by atoms with Gasteiger partial charge in [-0.1, -0.05) is 25.5 Å². The first-order valence-electron chi connectivity index (χ1n) is 8.96. The van der Waals surface area contributed by atoms with Gasteiger partial charge in [-0.2, -0.15) is 4.31 Å². The third-order valence-electron chi connectivity index (χ3n) is 4.41. The molecule has 2 aromatic rings. The highest BCUT2D eigenvalue weighted by Crippen LogP contribution is 2.27. The van der Waals surface area contributed by atoms with Crippen LogP contribution in [0.3, 0.4) is 0 Å². The minimum Gasteiger partial charge on any atom is -0.326 e. The lowest BCUT2D eigenvalue weighted by Gasteiger charge is -2.13. The van der Waals surface area contributed by atoms with E-state index in [9.17, 15) is 13.2 Å².